The van der Waals surface area contributed by atoms with Gasteiger partial charge in [0, 0.05) is 25.3 Å². The molecule has 2 aromatic carbocycles. The molecule has 0 atom stereocenters. The minimum Gasteiger partial charge on any atom is -0.345 e. The molecule has 6 heteroatoms. The number of likely N-dealkylation sites (tertiary alicyclic amines) is 1. The molecule has 28 heavy (non-hydrogen) atoms. The van der Waals surface area contributed by atoms with E-state index in [1.54, 1.807) is 6.33 Å². The monoisotopic (exact) mass is 375 g/mol. The number of hydrogen-bond donors (Lipinski definition) is 2. The molecule has 2 aliphatic heterocycles. The first kappa shape index (κ1) is 17.3. The predicted molar refractivity (Wildman–Crippen MR) is 110 cm³/mol. The Hall–Kier alpha value is -2.86. The molecule has 1 amide bonds. The van der Waals surface area contributed by atoms with E-state index in [2.05, 4.69) is 55.4 Å². The van der Waals surface area contributed by atoms with Crippen molar-refractivity contribution in [2.45, 2.75) is 24.8 Å². The molecule has 2 fully saturated rings. The van der Waals surface area contributed by atoms with Crippen LogP contribution in [0.2, 0.25) is 0 Å². The van der Waals surface area contributed by atoms with Gasteiger partial charge in [0.25, 0.3) is 0 Å². The van der Waals surface area contributed by atoms with Gasteiger partial charge >= 0.3 is 0 Å². The number of para-hydroxylation sites is 1. The number of fused-ring (bicyclic) bond motifs is 1. The molecule has 5 rings (SSSR count). The van der Waals surface area contributed by atoms with Gasteiger partial charge in [0.1, 0.15) is 5.54 Å². The van der Waals surface area contributed by atoms with Gasteiger partial charge in [-0.3, -0.25) is 4.79 Å². The summed E-state index contributed by atoms with van der Waals surface area (Å²) in [6.45, 7) is 3.52. The van der Waals surface area contributed by atoms with E-state index < -0.39 is 5.54 Å². The maximum absolute atomic E-state index is 12.7. The quantitative estimate of drug-likeness (QED) is 0.736. The summed E-state index contributed by atoms with van der Waals surface area (Å²) >= 11 is 0. The third kappa shape index (κ3) is 2.94. The molecule has 0 aliphatic carbocycles. The van der Waals surface area contributed by atoms with Crippen LogP contribution in [-0.2, 0) is 11.2 Å². The molecule has 3 aromatic rings. The van der Waals surface area contributed by atoms with Crippen molar-refractivity contribution in [2.24, 2.45) is 0 Å². The van der Waals surface area contributed by atoms with Crippen molar-refractivity contribution in [3.8, 4) is 0 Å². The highest BCUT2D eigenvalue weighted by molar-refractivity contribution is 5.93. The van der Waals surface area contributed by atoms with Gasteiger partial charge in [0.05, 0.1) is 24.0 Å². The zero-order chi connectivity index (χ0) is 19.0. The van der Waals surface area contributed by atoms with Crippen LogP contribution in [0.4, 0.5) is 5.69 Å². The average Bonchev–Trinajstić information content (AvgIpc) is 3.33. The Balaban J connectivity index is 1.24. The lowest BCUT2D eigenvalue weighted by Crippen LogP contribution is -2.56. The van der Waals surface area contributed by atoms with Crippen LogP contribution in [0.25, 0.3) is 11.0 Å². The molecule has 2 aliphatic rings. The minimum absolute atomic E-state index is 0.181. The van der Waals surface area contributed by atoms with Crippen molar-refractivity contribution in [3.63, 3.8) is 0 Å². The number of rotatable bonds is 4. The van der Waals surface area contributed by atoms with E-state index in [1.165, 1.54) is 5.56 Å². The van der Waals surface area contributed by atoms with Crippen LogP contribution in [0.1, 0.15) is 18.4 Å². The van der Waals surface area contributed by atoms with Crippen LogP contribution in [0, 0.1) is 0 Å². The van der Waals surface area contributed by atoms with Crippen molar-refractivity contribution in [2.75, 3.05) is 31.2 Å². The number of piperidine rings is 1. The molecule has 0 radical (unpaired) electrons. The van der Waals surface area contributed by atoms with E-state index >= 15 is 0 Å². The van der Waals surface area contributed by atoms with Gasteiger partial charge in [0.15, 0.2) is 0 Å². The van der Waals surface area contributed by atoms with Crippen molar-refractivity contribution in [1.82, 2.24) is 20.2 Å². The standard InChI is InChI=1S/C22H25N5O/c28-21-22(27(16-25-21)18-4-2-1-3-5-18)9-12-26(13-10-22)11-8-17-6-7-19-20(14-17)24-15-23-19/h1-7,14-15H,8-13,16H2,(H,23,24)(H,25,28). The van der Waals surface area contributed by atoms with E-state index in [9.17, 15) is 4.79 Å². The Morgan fingerprint density at radius 2 is 1.89 bits per heavy atom. The van der Waals surface area contributed by atoms with Crippen molar-refractivity contribution in [3.05, 3.63) is 60.4 Å². The normalized spacial score (nSPS) is 19.4. The summed E-state index contributed by atoms with van der Waals surface area (Å²) in [4.78, 5) is 24.9. The lowest BCUT2D eigenvalue weighted by Gasteiger charge is -2.43. The van der Waals surface area contributed by atoms with Gasteiger partial charge in [0.2, 0.25) is 5.91 Å². The highest BCUT2D eigenvalue weighted by Gasteiger charge is 2.50. The van der Waals surface area contributed by atoms with E-state index in [-0.39, 0.29) is 5.91 Å². The molecule has 1 aromatic heterocycles. The Bertz CT molecular complexity index is 975. The molecule has 0 saturated carbocycles. The number of amides is 1. The van der Waals surface area contributed by atoms with E-state index in [0.29, 0.717) is 6.67 Å². The topological polar surface area (TPSA) is 64.3 Å². The molecule has 1 spiro atoms. The second-order valence-electron chi connectivity index (χ2n) is 7.80. The molecule has 3 heterocycles. The molecular formula is C22H25N5O. The summed E-state index contributed by atoms with van der Waals surface area (Å²) in [5.41, 5.74) is 4.16. The van der Waals surface area contributed by atoms with Crippen molar-refractivity contribution >= 4 is 22.6 Å². The number of nitrogens with one attached hydrogen (secondary N) is 2. The molecule has 6 nitrogen and oxygen atoms in total. The smallest absolute Gasteiger partial charge is 0.247 e. The highest BCUT2D eigenvalue weighted by atomic mass is 16.2. The van der Waals surface area contributed by atoms with Crippen molar-refractivity contribution < 1.29 is 4.79 Å². The maximum Gasteiger partial charge on any atom is 0.247 e. The Kier molecular flexibility index (Phi) is 4.28. The lowest BCUT2D eigenvalue weighted by molar-refractivity contribution is -0.125. The molecule has 2 N–H and O–H groups in total. The van der Waals surface area contributed by atoms with Crippen LogP contribution in [0.15, 0.2) is 54.9 Å². The van der Waals surface area contributed by atoms with Crippen LogP contribution < -0.4 is 10.2 Å². The largest absolute Gasteiger partial charge is 0.345 e. The molecule has 0 unspecified atom stereocenters. The minimum atomic E-state index is -0.396. The summed E-state index contributed by atoms with van der Waals surface area (Å²) in [6, 6.07) is 16.7. The fraction of sp³-hybridized carbons (Fsp3) is 0.364. The summed E-state index contributed by atoms with van der Waals surface area (Å²) in [5, 5.41) is 3.07. The summed E-state index contributed by atoms with van der Waals surface area (Å²) in [5.74, 6) is 0.181. The van der Waals surface area contributed by atoms with Gasteiger partial charge < -0.3 is 20.1 Å². The van der Waals surface area contributed by atoms with Crippen LogP contribution in [-0.4, -0.2) is 52.6 Å². The summed E-state index contributed by atoms with van der Waals surface area (Å²) in [7, 11) is 0. The number of H-pyrrole nitrogens is 1. The van der Waals surface area contributed by atoms with Crippen LogP contribution >= 0.6 is 0 Å². The van der Waals surface area contributed by atoms with Gasteiger partial charge in [-0.05, 0) is 49.1 Å². The van der Waals surface area contributed by atoms with Crippen molar-refractivity contribution in [1.29, 1.82) is 0 Å². The number of imidazole rings is 1. The third-order valence-electron chi connectivity index (χ3n) is 6.29. The number of aromatic nitrogens is 2. The first-order valence-electron chi connectivity index (χ1n) is 10.00. The molecule has 144 valence electrons. The van der Waals surface area contributed by atoms with E-state index in [1.807, 2.05) is 18.2 Å². The van der Waals surface area contributed by atoms with Gasteiger partial charge in [-0.15, -0.1) is 0 Å². The Labute approximate surface area is 164 Å². The first-order chi connectivity index (χ1) is 13.7. The van der Waals surface area contributed by atoms with E-state index in [4.69, 9.17) is 0 Å². The zero-order valence-electron chi connectivity index (χ0n) is 15.9. The number of benzene rings is 2. The maximum atomic E-state index is 12.7. The number of carbonyl (C=O) groups is 1. The fourth-order valence-corrected chi connectivity index (χ4v) is 4.60. The number of nitrogens with zero attached hydrogens (tertiary/aromatic N) is 3. The number of anilines is 1. The Morgan fingerprint density at radius 3 is 2.71 bits per heavy atom. The predicted octanol–water partition coefficient (Wildman–Crippen LogP) is 2.53. The third-order valence-corrected chi connectivity index (χ3v) is 6.29. The number of carbonyl (C=O) groups excluding carboxylic acids is 1. The van der Waals surface area contributed by atoms with Crippen LogP contribution in [0.5, 0.6) is 0 Å². The lowest BCUT2D eigenvalue weighted by atomic mass is 9.85. The first-order valence-corrected chi connectivity index (χ1v) is 10.00. The van der Waals surface area contributed by atoms with Crippen LogP contribution in [0.3, 0.4) is 0 Å². The van der Waals surface area contributed by atoms with Gasteiger partial charge in [-0.2, -0.15) is 0 Å². The summed E-state index contributed by atoms with van der Waals surface area (Å²) < 4.78 is 0. The zero-order valence-corrected chi connectivity index (χ0v) is 15.9. The molecule has 0 bridgehead atoms. The second kappa shape index (κ2) is 6.95. The van der Waals surface area contributed by atoms with E-state index in [0.717, 1.165) is 55.6 Å². The van der Waals surface area contributed by atoms with Gasteiger partial charge in [-0.25, -0.2) is 4.98 Å². The Morgan fingerprint density at radius 1 is 1.07 bits per heavy atom. The highest BCUT2D eigenvalue weighted by Crippen LogP contribution is 2.36. The average molecular weight is 375 g/mol. The molecular weight excluding hydrogens is 350 g/mol. The fourth-order valence-electron chi connectivity index (χ4n) is 4.60. The second-order valence-corrected chi connectivity index (χ2v) is 7.80. The van der Waals surface area contributed by atoms with Gasteiger partial charge in [-0.1, -0.05) is 24.3 Å². The number of aromatic amines is 1. The molecule has 2 saturated heterocycles. The SMILES string of the molecule is O=C1NCN(c2ccccc2)C12CCN(CCc1ccc3nc[nH]c3c1)CC2. The summed E-state index contributed by atoms with van der Waals surface area (Å²) in [6.07, 6.45) is 4.49. The number of hydrogen-bond acceptors (Lipinski definition) is 4.